The molecule has 0 aliphatic carbocycles. The second-order valence-corrected chi connectivity index (χ2v) is 10.3. The van der Waals surface area contributed by atoms with Gasteiger partial charge in [-0.2, -0.15) is 0 Å². The summed E-state index contributed by atoms with van der Waals surface area (Å²) >= 11 is 0. The maximum Gasteiger partial charge on any atom is 0.414 e. The summed E-state index contributed by atoms with van der Waals surface area (Å²) in [5, 5.41) is 5.02. The smallest absolute Gasteiger partial charge is 0.414 e. The molecule has 236 valence electrons. The van der Waals surface area contributed by atoms with Crippen molar-refractivity contribution in [3.05, 3.63) is 47.7 Å². The highest BCUT2D eigenvalue weighted by molar-refractivity contribution is 5.96. The van der Waals surface area contributed by atoms with Crippen LogP contribution in [-0.2, 0) is 19.0 Å². The van der Waals surface area contributed by atoms with Crippen LogP contribution in [0.2, 0.25) is 0 Å². The van der Waals surface area contributed by atoms with Crippen LogP contribution in [0.25, 0.3) is 0 Å². The number of halogens is 2. The van der Waals surface area contributed by atoms with E-state index in [0.717, 1.165) is 35.9 Å². The van der Waals surface area contributed by atoms with Gasteiger partial charge in [0.15, 0.2) is 11.6 Å². The summed E-state index contributed by atoms with van der Waals surface area (Å²) in [4.78, 5) is 59.4. The summed E-state index contributed by atoms with van der Waals surface area (Å²) in [5.41, 5.74) is 0.0352. The first-order valence-electron chi connectivity index (χ1n) is 14.1. The van der Waals surface area contributed by atoms with E-state index in [1.54, 1.807) is 12.1 Å². The van der Waals surface area contributed by atoms with Crippen molar-refractivity contribution in [2.75, 3.05) is 93.9 Å². The van der Waals surface area contributed by atoms with Crippen LogP contribution in [0.15, 0.2) is 30.5 Å². The molecular weight excluding hydrogens is 584 g/mol. The van der Waals surface area contributed by atoms with Crippen LogP contribution < -0.4 is 25.3 Å². The maximum absolute atomic E-state index is 15.2. The number of nitrogens with zero attached hydrogens (tertiary/aromatic N) is 5. The monoisotopic (exact) mass is 617 g/mol. The van der Waals surface area contributed by atoms with Gasteiger partial charge in [0.1, 0.15) is 17.6 Å². The number of hydrogen-bond donors (Lipinski definition) is 2. The van der Waals surface area contributed by atoms with Gasteiger partial charge in [-0.15, -0.1) is 0 Å². The molecule has 1 aromatic carbocycles. The summed E-state index contributed by atoms with van der Waals surface area (Å²) in [7, 11) is 1.19. The van der Waals surface area contributed by atoms with Gasteiger partial charge in [-0.05, 0) is 12.1 Å². The minimum absolute atomic E-state index is 0.0192. The van der Waals surface area contributed by atoms with E-state index >= 15 is 8.78 Å². The lowest BCUT2D eigenvalue weighted by Gasteiger charge is -2.36. The number of anilines is 3. The van der Waals surface area contributed by atoms with Crippen molar-refractivity contribution < 1.29 is 42.2 Å². The molecule has 44 heavy (non-hydrogen) atoms. The Labute approximate surface area is 251 Å². The van der Waals surface area contributed by atoms with Crippen LogP contribution in [0.1, 0.15) is 10.4 Å². The number of piperazine rings is 1. The number of carbonyl (C=O) groups is 4. The molecule has 3 saturated heterocycles. The summed E-state index contributed by atoms with van der Waals surface area (Å²) in [6.07, 6.45) is -0.755. The zero-order valence-electron chi connectivity index (χ0n) is 24.1. The van der Waals surface area contributed by atoms with E-state index in [4.69, 9.17) is 9.47 Å². The molecule has 1 atom stereocenters. The van der Waals surface area contributed by atoms with Crippen molar-refractivity contribution in [3.8, 4) is 0 Å². The molecule has 3 fully saturated rings. The lowest BCUT2D eigenvalue weighted by atomic mass is 10.2. The topological polar surface area (TPSA) is 146 Å². The second kappa shape index (κ2) is 13.7. The average molecular weight is 618 g/mol. The van der Waals surface area contributed by atoms with Crippen LogP contribution in [-0.4, -0.2) is 119 Å². The van der Waals surface area contributed by atoms with Crippen LogP contribution in [0.5, 0.6) is 0 Å². The number of methoxy groups -OCH3 is 1. The van der Waals surface area contributed by atoms with Gasteiger partial charge in [0.05, 0.1) is 51.2 Å². The predicted molar refractivity (Wildman–Crippen MR) is 153 cm³/mol. The fourth-order valence-electron chi connectivity index (χ4n) is 5.17. The number of ether oxygens (including phenoxy) is 3. The van der Waals surface area contributed by atoms with Crippen molar-refractivity contribution in [3.63, 3.8) is 0 Å². The highest BCUT2D eigenvalue weighted by Gasteiger charge is 2.34. The number of morpholine rings is 1. The van der Waals surface area contributed by atoms with Gasteiger partial charge in [-0.25, -0.2) is 23.4 Å². The third-order valence-corrected chi connectivity index (χ3v) is 7.54. The van der Waals surface area contributed by atoms with Crippen LogP contribution in [0.3, 0.4) is 0 Å². The van der Waals surface area contributed by atoms with Gasteiger partial charge >= 0.3 is 12.2 Å². The third-order valence-electron chi connectivity index (χ3n) is 7.54. The number of rotatable bonds is 8. The van der Waals surface area contributed by atoms with Crippen molar-refractivity contribution in [2.45, 2.75) is 6.10 Å². The first kappa shape index (κ1) is 30.7. The number of carbonyl (C=O) groups excluding carboxylic acids is 4. The molecule has 14 nitrogen and oxygen atoms in total. The minimum atomic E-state index is -0.871. The first-order chi connectivity index (χ1) is 21.2. The molecule has 5 rings (SSSR count). The molecule has 0 radical (unpaired) electrons. The first-order valence-corrected chi connectivity index (χ1v) is 14.1. The molecule has 4 amide bonds. The van der Waals surface area contributed by atoms with Crippen molar-refractivity contribution in [1.29, 1.82) is 0 Å². The number of aromatic nitrogens is 1. The Hall–Kier alpha value is -4.73. The van der Waals surface area contributed by atoms with E-state index < -0.39 is 35.8 Å². The van der Waals surface area contributed by atoms with Crippen LogP contribution >= 0.6 is 0 Å². The molecule has 3 aliphatic heterocycles. The van der Waals surface area contributed by atoms with Crippen LogP contribution in [0.4, 0.5) is 35.6 Å². The quantitative estimate of drug-likeness (QED) is 0.439. The largest absolute Gasteiger partial charge is 0.453 e. The number of nitrogens with one attached hydrogen (secondary N) is 2. The Balaban J connectivity index is 1.10. The molecule has 0 unspecified atom stereocenters. The van der Waals surface area contributed by atoms with Crippen molar-refractivity contribution in [2.24, 2.45) is 0 Å². The SMILES string of the molecule is COC(=O)NC[C@H]1CN(c2cc(F)c(N3CCN(C(=O)CNC(=O)c4ccc(N5CCOCC5)nc4)CC3)c(F)c2)C(=O)O1. The number of hydrogen-bond acceptors (Lipinski definition) is 10. The van der Waals surface area contributed by atoms with Gasteiger partial charge in [0.2, 0.25) is 5.91 Å². The fraction of sp³-hybridized carbons (Fsp3) is 0.464. The maximum atomic E-state index is 15.2. The lowest BCUT2D eigenvalue weighted by molar-refractivity contribution is -0.130. The minimum Gasteiger partial charge on any atom is -0.453 e. The van der Waals surface area contributed by atoms with Gasteiger partial charge in [-0.1, -0.05) is 0 Å². The van der Waals surface area contributed by atoms with E-state index in [9.17, 15) is 19.2 Å². The fourth-order valence-corrected chi connectivity index (χ4v) is 5.17. The molecule has 16 heteroatoms. The number of benzene rings is 1. The number of alkyl carbamates (subject to hydrolysis) is 1. The molecule has 0 spiro atoms. The zero-order valence-corrected chi connectivity index (χ0v) is 24.1. The zero-order chi connectivity index (χ0) is 31.2. The van der Waals surface area contributed by atoms with Crippen LogP contribution in [0, 0.1) is 11.6 Å². The number of pyridine rings is 1. The Morgan fingerprint density at radius 3 is 2.34 bits per heavy atom. The summed E-state index contributed by atoms with van der Waals surface area (Å²) in [6, 6.07) is 5.50. The Morgan fingerprint density at radius 1 is 1.00 bits per heavy atom. The van der Waals surface area contributed by atoms with E-state index in [1.807, 2.05) is 0 Å². The molecular formula is C28H33F2N7O7. The molecule has 0 bridgehead atoms. The normalized spacial score (nSPS) is 18.6. The third kappa shape index (κ3) is 7.07. The highest BCUT2D eigenvalue weighted by Crippen LogP contribution is 2.31. The molecule has 2 aromatic rings. The average Bonchev–Trinajstić information content (AvgIpc) is 3.43. The molecule has 3 aliphatic rings. The highest BCUT2D eigenvalue weighted by atomic mass is 19.1. The molecule has 1 aromatic heterocycles. The number of amides is 4. The lowest BCUT2D eigenvalue weighted by Crippen LogP contribution is -2.51. The molecule has 0 saturated carbocycles. The predicted octanol–water partition coefficient (Wildman–Crippen LogP) is 0.956. The Bertz CT molecular complexity index is 1360. The van der Waals surface area contributed by atoms with Crippen molar-refractivity contribution in [1.82, 2.24) is 20.5 Å². The number of cyclic esters (lactones) is 1. The summed E-state index contributed by atoms with van der Waals surface area (Å²) in [5.74, 6) is -1.75. The standard InChI is InChI=1S/C28H33F2N7O7/c1-42-27(40)33-15-20-17-37(28(41)44-20)19-12-21(29)25(22(30)13-19)36-6-4-35(5-7-36)24(38)16-32-26(39)18-2-3-23(31-14-18)34-8-10-43-11-9-34/h2-3,12-14,20H,4-11,15-17H2,1H3,(H,32,39)(H,33,40)/t20-/m0/s1. The van der Waals surface area contributed by atoms with E-state index in [-0.39, 0.29) is 63.1 Å². The van der Waals surface area contributed by atoms with E-state index in [0.29, 0.717) is 18.8 Å². The van der Waals surface area contributed by atoms with Gasteiger partial charge < -0.3 is 39.5 Å². The molecule has 2 N–H and O–H groups in total. The molecule has 4 heterocycles. The second-order valence-electron chi connectivity index (χ2n) is 10.3. The van der Waals surface area contributed by atoms with E-state index in [1.165, 1.54) is 23.1 Å². The van der Waals surface area contributed by atoms with Crippen molar-refractivity contribution >= 4 is 41.2 Å². The van der Waals surface area contributed by atoms with Gasteiger partial charge in [-0.3, -0.25) is 14.5 Å². The van der Waals surface area contributed by atoms with Gasteiger partial charge in [0, 0.05) is 57.6 Å². The Kier molecular flexibility index (Phi) is 9.57. The summed E-state index contributed by atoms with van der Waals surface area (Å²) < 4.78 is 45.3. The Morgan fingerprint density at radius 2 is 1.70 bits per heavy atom. The van der Waals surface area contributed by atoms with Gasteiger partial charge in [0.25, 0.3) is 5.91 Å². The summed E-state index contributed by atoms with van der Waals surface area (Å²) in [6.45, 7) is 3.11. The van der Waals surface area contributed by atoms with E-state index in [2.05, 4.69) is 25.3 Å².